The van der Waals surface area contributed by atoms with Crippen molar-refractivity contribution in [2.75, 3.05) is 0 Å². The smallest absolute Gasteiger partial charge is 0.416 e. The van der Waals surface area contributed by atoms with E-state index in [0.29, 0.717) is 5.58 Å². The van der Waals surface area contributed by atoms with Crippen molar-refractivity contribution in [3.63, 3.8) is 0 Å². The number of halogens is 3. The van der Waals surface area contributed by atoms with E-state index in [1.165, 1.54) is 6.07 Å². The molecule has 0 aliphatic carbocycles. The molecule has 0 spiro atoms. The van der Waals surface area contributed by atoms with Crippen LogP contribution in [0.3, 0.4) is 0 Å². The van der Waals surface area contributed by atoms with Gasteiger partial charge in [0.05, 0.1) is 16.3 Å². The zero-order valence-electron chi connectivity index (χ0n) is 10.4. The Labute approximate surface area is 111 Å². The zero-order valence-corrected chi connectivity index (χ0v) is 10.4. The lowest BCUT2D eigenvalue weighted by Crippen LogP contribution is -2.08. The molecule has 5 heteroatoms. The fourth-order valence-electron chi connectivity index (χ4n) is 2.15. The third-order valence-electron chi connectivity index (χ3n) is 3.15. The monoisotopic (exact) mass is 278 g/mol. The van der Waals surface area contributed by atoms with Gasteiger partial charge in [-0.2, -0.15) is 13.2 Å². The first-order valence-electron chi connectivity index (χ1n) is 5.91. The Bertz CT molecular complexity index is 876. The van der Waals surface area contributed by atoms with Gasteiger partial charge in [-0.15, -0.1) is 0 Å². The second-order valence-corrected chi connectivity index (χ2v) is 4.64. The number of alkyl halides is 3. The highest BCUT2D eigenvalue weighted by atomic mass is 19.4. The largest absolute Gasteiger partial charge is 0.456 e. The van der Waals surface area contributed by atoms with Gasteiger partial charge in [0.1, 0.15) is 11.2 Å². The molecule has 3 rings (SSSR count). The summed E-state index contributed by atoms with van der Waals surface area (Å²) in [5.74, 6) is 0. The summed E-state index contributed by atoms with van der Waals surface area (Å²) in [6.07, 6.45) is -4.48. The van der Waals surface area contributed by atoms with Crippen LogP contribution in [0, 0.1) is 6.92 Å². The summed E-state index contributed by atoms with van der Waals surface area (Å²) in [5, 5.41) is 0.231. The number of fused-ring (bicyclic) bond motifs is 2. The number of hydrogen-bond acceptors (Lipinski definition) is 2. The number of hydrogen-bond donors (Lipinski definition) is 0. The SMILES string of the molecule is Cc1ccc2oc3ccc(C(F)(F)F)cc3c(=O)c2c1. The highest BCUT2D eigenvalue weighted by Crippen LogP contribution is 2.31. The summed E-state index contributed by atoms with van der Waals surface area (Å²) >= 11 is 0. The van der Waals surface area contributed by atoms with E-state index in [9.17, 15) is 18.0 Å². The van der Waals surface area contributed by atoms with E-state index >= 15 is 0 Å². The van der Waals surface area contributed by atoms with Crippen LogP contribution in [0.1, 0.15) is 11.1 Å². The molecule has 2 nitrogen and oxygen atoms in total. The third kappa shape index (κ3) is 1.95. The van der Waals surface area contributed by atoms with E-state index < -0.39 is 17.2 Å². The van der Waals surface area contributed by atoms with Gasteiger partial charge in [0.2, 0.25) is 5.43 Å². The van der Waals surface area contributed by atoms with Crippen LogP contribution < -0.4 is 5.43 Å². The van der Waals surface area contributed by atoms with Gasteiger partial charge < -0.3 is 4.42 Å². The van der Waals surface area contributed by atoms with Crippen LogP contribution in [0.4, 0.5) is 13.2 Å². The van der Waals surface area contributed by atoms with Crippen LogP contribution in [0.15, 0.2) is 45.6 Å². The molecule has 0 radical (unpaired) electrons. The molecule has 0 bridgehead atoms. The van der Waals surface area contributed by atoms with Gasteiger partial charge in [0.25, 0.3) is 0 Å². The Kier molecular flexibility index (Phi) is 2.61. The normalized spacial score (nSPS) is 12.2. The molecule has 1 aromatic heterocycles. The first-order chi connectivity index (χ1) is 9.36. The van der Waals surface area contributed by atoms with Crippen molar-refractivity contribution in [2.24, 2.45) is 0 Å². The minimum atomic E-state index is -4.48. The number of benzene rings is 2. The summed E-state index contributed by atoms with van der Waals surface area (Å²) in [6.45, 7) is 1.80. The van der Waals surface area contributed by atoms with Crippen molar-refractivity contribution in [1.82, 2.24) is 0 Å². The molecule has 3 aromatic rings. The molecule has 0 unspecified atom stereocenters. The van der Waals surface area contributed by atoms with Crippen molar-refractivity contribution in [3.05, 3.63) is 57.7 Å². The van der Waals surface area contributed by atoms with Crippen LogP contribution in [0.5, 0.6) is 0 Å². The second-order valence-electron chi connectivity index (χ2n) is 4.64. The van der Waals surface area contributed by atoms with E-state index in [2.05, 4.69) is 0 Å². The molecule has 0 saturated carbocycles. The van der Waals surface area contributed by atoms with E-state index in [-0.39, 0.29) is 16.4 Å². The molecule has 0 saturated heterocycles. The van der Waals surface area contributed by atoms with E-state index in [0.717, 1.165) is 17.7 Å². The maximum Gasteiger partial charge on any atom is 0.416 e. The van der Waals surface area contributed by atoms with E-state index in [4.69, 9.17) is 4.42 Å². The van der Waals surface area contributed by atoms with Crippen LogP contribution in [0.2, 0.25) is 0 Å². The minimum absolute atomic E-state index is 0.0575. The molecular formula is C15H9F3O2. The molecule has 0 aliphatic heterocycles. The lowest BCUT2D eigenvalue weighted by Gasteiger charge is -2.08. The second kappa shape index (κ2) is 4.10. The molecule has 1 heterocycles. The molecule has 2 aromatic carbocycles. The van der Waals surface area contributed by atoms with Crippen molar-refractivity contribution in [1.29, 1.82) is 0 Å². The van der Waals surface area contributed by atoms with Gasteiger partial charge in [0, 0.05) is 0 Å². The minimum Gasteiger partial charge on any atom is -0.456 e. The predicted octanol–water partition coefficient (Wildman–Crippen LogP) is 4.27. The average molecular weight is 278 g/mol. The Morgan fingerprint density at radius 3 is 2.20 bits per heavy atom. The molecule has 0 atom stereocenters. The van der Waals surface area contributed by atoms with Crippen LogP contribution in [0.25, 0.3) is 21.9 Å². The summed E-state index contributed by atoms with van der Waals surface area (Å²) < 4.78 is 43.6. The van der Waals surface area contributed by atoms with Crippen molar-refractivity contribution >= 4 is 21.9 Å². The van der Waals surface area contributed by atoms with E-state index in [1.807, 2.05) is 0 Å². The lowest BCUT2D eigenvalue weighted by molar-refractivity contribution is -0.137. The van der Waals surface area contributed by atoms with E-state index in [1.54, 1.807) is 25.1 Å². The van der Waals surface area contributed by atoms with Crippen LogP contribution in [-0.4, -0.2) is 0 Å². The van der Waals surface area contributed by atoms with Gasteiger partial charge >= 0.3 is 6.18 Å². The highest BCUT2D eigenvalue weighted by molar-refractivity contribution is 5.90. The molecule has 102 valence electrons. The topological polar surface area (TPSA) is 30.2 Å². The highest BCUT2D eigenvalue weighted by Gasteiger charge is 2.31. The quantitative estimate of drug-likeness (QED) is 0.575. The van der Waals surface area contributed by atoms with Gasteiger partial charge in [-0.1, -0.05) is 11.6 Å². The van der Waals surface area contributed by atoms with Crippen molar-refractivity contribution < 1.29 is 17.6 Å². The molecule has 20 heavy (non-hydrogen) atoms. The first-order valence-corrected chi connectivity index (χ1v) is 5.91. The molecular weight excluding hydrogens is 269 g/mol. The lowest BCUT2D eigenvalue weighted by atomic mass is 10.1. The van der Waals surface area contributed by atoms with Gasteiger partial charge in [-0.05, 0) is 37.3 Å². The van der Waals surface area contributed by atoms with Crippen molar-refractivity contribution in [3.8, 4) is 0 Å². The van der Waals surface area contributed by atoms with Crippen molar-refractivity contribution in [2.45, 2.75) is 13.1 Å². The third-order valence-corrected chi connectivity index (χ3v) is 3.15. The first kappa shape index (κ1) is 12.7. The predicted molar refractivity (Wildman–Crippen MR) is 69.7 cm³/mol. The molecule has 0 amide bonds. The summed E-state index contributed by atoms with van der Waals surface area (Å²) in [7, 11) is 0. The Hall–Kier alpha value is -2.30. The summed E-state index contributed by atoms with van der Waals surface area (Å²) in [4.78, 5) is 12.3. The Balaban J connectivity index is 2.43. The number of aryl methyl sites for hydroxylation is 1. The van der Waals surface area contributed by atoms with Gasteiger partial charge in [-0.3, -0.25) is 4.79 Å². The molecule has 0 fully saturated rings. The number of rotatable bonds is 0. The van der Waals surface area contributed by atoms with Gasteiger partial charge in [-0.25, -0.2) is 0 Å². The van der Waals surface area contributed by atoms with Crippen LogP contribution >= 0.6 is 0 Å². The molecule has 0 aliphatic rings. The maximum atomic E-state index is 12.7. The fraction of sp³-hybridized carbons (Fsp3) is 0.133. The summed E-state index contributed by atoms with van der Waals surface area (Å²) in [6, 6.07) is 7.96. The molecule has 0 N–H and O–H groups in total. The maximum absolute atomic E-state index is 12.7. The average Bonchev–Trinajstić information content (AvgIpc) is 2.38. The Morgan fingerprint density at radius 2 is 1.55 bits per heavy atom. The standard InChI is InChI=1S/C15H9F3O2/c1-8-2-4-12-10(6-8)14(19)11-7-9(15(16,17)18)3-5-13(11)20-12/h2-7H,1H3. The summed E-state index contributed by atoms with van der Waals surface area (Å²) in [5.41, 5.74) is 0.0590. The van der Waals surface area contributed by atoms with Gasteiger partial charge in [0.15, 0.2) is 0 Å². The van der Waals surface area contributed by atoms with Crippen LogP contribution in [-0.2, 0) is 6.18 Å². The Morgan fingerprint density at radius 1 is 0.950 bits per heavy atom. The zero-order chi connectivity index (χ0) is 14.5. The fourth-order valence-corrected chi connectivity index (χ4v) is 2.15.